The first-order chi connectivity index (χ1) is 10.4. The van der Waals surface area contributed by atoms with Crippen LogP contribution in [-0.4, -0.2) is 24.0 Å². The number of benzene rings is 1. The topological polar surface area (TPSA) is 68.4 Å². The van der Waals surface area contributed by atoms with Gasteiger partial charge in [-0.2, -0.15) is 0 Å². The van der Waals surface area contributed by atoms with Gasteiger partial charge in [-0.25, -0.2) is 9.59 Å². The number of methoxy groups -OCH3 is 1. The average molecular weight is 366 g/mol. The van der Waals surface area contributed by atoms with Gasteiger partial charge in [0.1, 0.15) is 12.3 Å². The number of H-pyrrole nitrogens is 1. The summed E-state index contributed by atoms with van der Waals surface area (Å²) in [6.07, 6.45) is 0. The van der Waals surface area contributed by atoms with Crippen LogP contribution in [0.25, 0.3) is 0 Å². The van der Waals surface area contributed by atoms with Crippen LogP contribution in [0.1, 0.15) is 37.7 Å². The highest BCUT2D eigenvalue weighted by Gasteiger charge is 2.23. The minimum Gasteiger partial charge on any atom is -0.465 e. The van der Waals surface area contributed by atoms with E-state index in [-0.39, 0.29) is 12.3 Å². The first kappa shape index (κ1) is 16.3. The number of halogens is 1. The summed E-state index contributed by atoms with van der Waals surface area (Å²) in [6, 6.07) is 7.50. The van der Waals surface area contributed by atoms with Gasteiger partial charge in [0, 0.05) is 10.2 Å². The Bertz CT molecular complexity index is 721. The molecule has 0 saturated heterocycles. The van der Waals surface area contributed by atoms with Gasteiger partial charge in [0.15, 0.2) is 0 Å². The maximum absolute atomic E-state index is 12.2. The molecule has 5 nitrogen and oxygen atoms in total. The third-order valence-electron chi connectivity index (χ3n) is 3.29. The number of aromatic amines is 1. The van der Waals surface area contributed by atoms with Crippen LogP contribution >= 0.6 is 15.9 Å². The van der Waals surface area contributed by atoms with E-state index in [2.05, 4.69) is 20.9 Å². The fourth-order valence-corrected chi connectivity index (χ4v) is 2.66. The molecule has 0 aliphatic carbocycles. The molecule has 0 fully saturated rings. The van der Waals surface area contributed by atoms with Gasteiger partial charge in [-0.1, -0.05) is 28.1 Å². The number of aromatic nitrogens is 1. The van der Waals surface area contributed by atoms with Crippen LogP contribution < -0.4 is 0 Å². The van der Waals surface area contributed by atoms with Crippen molar-refractivity contribution < 1.29 is 19.1 Å². The molecule has 1 N–H and O–H groups in total. The van der Waals surface area contributed by atoms with Gasteiger partial charge in [0.2, 0.25) is 0 Å². The minimum absolute atomic E-state index is 0.156. The summed E-state index contributed by atoms with van der Waals surface area (Å²) in [7, 11) is 1.31. The lowest BCUT2D eigenvalue weighted by Crippen LogP contribution is -2.08. The molecule has 0 aliphatic rings. The van der Waals surface area contributed by atoms with Crippen molar-refractivity contribution in [2.75, 3.05) is 7.11 Å². The normalized spacial score (nSPS) is 10.4. The van der Waals surface area contributed by atoms with Crippen LogP contribution in [0, 0.1) is 13.8 Å². The van der Waals surface area contributed by atoms with Crippen LogP contribution in [0.3, 0.4) is 0 Å². The SMILES string of the molecule is COC(=O)c1c(C)[nH]c(C(=O)OCc2cccc(Br)c2)c1C. The van der Waals surface area contributed by atoms with E-state index < -0.39 is 11.9 Å². The second-order valence-corrected chi connectivity index (χ2v) is 5.74. The molecule has 116 valence electrons. The van der Waals surface area contributed by atoms with Crippen LogP contribution in [0.5, 0.6) is 0 Å². The average Bonchev–Trinajstić information content (AvgIpc) is 2.79. The van der Waals surface area contributed by atoms with Gasteiger partial charge in [-0.3, -0.25) is 0 Å². The first-order valence-corrected chi connectivity index (χ1v) is 7.42. The Morgan fingerprint density at radius 2 is 1.95 bits per heavy atom. The molecule has 1 heterocycles. The summed E-state index contributed by atoms with van der Waals surface area (Å²) >= 11 is 3.36. The summed E-state index contributed by atoms with van der Waals surface area (Å²) in [4.78, 5) is 26.8. The molecule has 2 rings (SSSR count). The predicted octanol–water partition coefficient (Wildman–Crippen LogP) is 3.54. The van der Waals surface area contributed by atoms with Gasteiger partial charge in [-0.05, 0) is 37.1 Å². The highest BCUT2D eigenvalue weighted by molar-refractivity contribution is 9.10. The monoisotopic (exact) mass is 365 g/mol. The Labute approximate surface area is 136 Å². The van der Waals surface area contributed by atoms with E-state index in [9.17, 15) is 9.59 Å². The third-order valence-corrected chi connectivity index (χ3v) is 3.78. The van der Waals surface area contributed by atoms with Crippen molar-refractivity contribution in [2.24, 2.45) is 0 Å². The Kier molecular flexibility index (Phi) is 5.03. The van der Waals surface area contributed by atoms with Crippen molar-refractivity contribution in [3.63, 3.8) is 0 Å². The number of nitrogens with one attached hydrogen (secondary N) is 1. The zero-order valence-corrected chi connectivity index (χ0v) is 14.1. The summed E-state index contributed by atoms with van der Waals surface area (Å²) in [6.45, 7) is 3.55. The van der Waals surface area contributed by atoms with Crippen molar-refractivity contribution in [1.29, 1.82) is 0 Å². The van der Waals surface area contributed by atoms with Crippen LogP contribution in [-0.2, 0) is 16.1 Å². The Hall–Kier alpha value is -2.08. The summed E-state index contributed by atoms with van der Waals surface area (Å²) < 4.78 is 10.9. The van der Waals surface area contributed by atoms with E-state index in [1.165, 1.54) is 7.11 Å². The van der Waals surface area contributed by atoms with Crippen molar-refractivity contribution in [1.82, 2.24) is 4.98 Å². The molecule has 0 amide bonds. The van der Waals surface area contributed by atoms with Gasteiger partial charge in [-0.15, -0.1) is 0 Å². The van der Waals surface area contributed by atoms with Gasteiger partial charge in [0.05, 0.1) is 12.7 Å². The second-order valence-electron chi connectivity index (χ2n) is 4.82. The van der Waals surface area contributed by atoms with Crippen LogP contribution in [0.4, 0.5) is 0 Å². The Balaban J connectivity index is 2.15. The zero-order valence-electron chi connectivity index (χ0n) is 12.5. The van der Waals surface area contributed by atoms with Crippen LogP contribution in [0.15, 0.2) is 28.7 Å². The van der Waals surface area contributed by atoms with Crippen molar-refractivity contribution in [3.05, 3.63) is 56.8 Å². The fourth-order valence-electron chi connectivity index (χ4n) is 2.21. The molecule has 2 aromatic rings. The highest BCUT2D eigenvalue weighted by atomic mass is 79.9. The number of carbonyl (C=O) groups is 2. The predicted molar refractivity (Wildman–Crippen MR) is 84.9 cm³/mol. The quantitative estimate of drug-likeness (QED) is 0.841. The summed E-state index contributed by atoms with van der Waals surface area (Å²) in [5.41, 5.74) is 2.63. The number of hydrogen-bond donors (Lipinski definition) is 1. The van der Waals surface area contributed by atoms with E-state index in [4.69, 9.17) is 9.47 Å². The number of ether oxygens (including phenoxy) is 2. The molecule has 1 aromatic carbocycles. The van der Waals surface area contributed by atoms with E-state index in [1.807, 2.05) is 24.3 Å². The number of rotatable bonds is 4. The van der Waals surface area contributed by atoms with Crippen molar-refractivity contribution in [3.8, 4) is 0 Å². The number of carbonyl (C=O) groups excluding carboxylic acids is 2. The lowest BCUT2D eigenvalue weighted by Gasteiger charge is -2.05. The van der Waals surface area contributed by atoms with E-state index >= 15 is 0 Å². The molecule has 22 heavy (non-hydrogen) atoms. The summed E-state index contributed by atoms with van der Waals surface area (Å²) in [5, 5.41) is 0. The van der Waals surface area contributed by atoms with Gasteiger partial charge >= 0.3 is 11.9 Å². The third kappa shape index (κ3) is 3.39. The van der Waals surface area contributed by atoms with E-state index in [0.29, 0.717) is 16.8 Å². The molecule has 6 heteroatoms. The molecule has 0 unspecified atom stereocenters. The number of hydrogen-bond acceptors (Lipinski definition) is 4. The molecular weight excluding hydrogens is 350 g/mol. The molecular formula is C16H16BrNO4. The second kappa shape index (κ2) is 6.79. The summed E-state index contributed by atoms with van der Waals surface area (Å²) in [5.74, 6) is -0.979. The lowest BCUT2D eigenvalue weighted by atomic mass is 10.1. The maximum Gasteiger partial charge on any atom is 0.355 e. The number of aryl methyl sites for hydroxylation is 1. The molecule has 0 atom stereocenters. The molecule has 0 aliphatic heterocycles. The Morgan fingerprint density at radius 1 is 1.23 bits per heavy atom. The standard InChI is InChI=1S/C16H16BrNO4/c1-9-13(15(19)21-3)10(2)18-14(9)16(20)22-8-11-5-4-6-12(17)7-11/h4-7,18H,8H2,1-3H3. The van der Waals surface area contributed by atoms with Crippen LogP contribution in [0.2, 0.25) is 0 Å². The van der Waals surface area contributed by atoms with E-state index in [0.717, 1.165) is 10.0 Å². The minimum atomic E-state index is -0.504. The van der Waals surface area contributed by atoms with Gasteiger partial charge in [0.25, 0.3) is 0 Å². The molecule has 0 spiro atoms. The molecule has 0 radical (unpaired) electrons. The zero-order chi connectivity index (χ0) is 16.3. The van der Waals surface area contributed by atoms with E-state index in [1.54, 1.807) is 13.8 Å². The molecule has 0 bridgehead atoms. The van der Waals surface area contributed by atoms with Crippen molar-refractivity contribution >= 4 is 27.9 Å². The Morgan fingerprint density at radius 3 is 2.59 bits per heavy atom. The lowest BCUT2D eigenvalue weighted by molar-refractivity contribution is 0.0465. The van der Waals surface area contributed by atoms with Crippen molar-refractivity contribution in [2.45, 2.75) is 20.5 Å². The molecule has 1 aromatic heterocycles. The highest BCUT2D eigenvalue weighted by Crippen LogP contribution is 2.20. The van der Waals surface area contributed by atoms with Gasteiger partial charge < -0.3 is 14.5 Å². The largest absolute Gasteiger partial charge is 0.465 e. The number of esters is 2. The maximum atomic E-state index is 12.2. The molecule has 0 saturated carbocycles. The first-order valence-electron chi connectivity index (χ1n) is 6.63. The smallest absolute Gasteiger partial charge is 0.355 e. The fraction of sp³-hybridized carbons (Fsp3) is 0.250.